The molecule has 1 saturated heterocycles. The molecule has 3 heterocycles. The monoisotopic (exact) mass is 551 g/mol. The minimum absolute atomic E-state index is 0.190. The number of benzene rings is 1. The summed E-state index contributed by atoms with van der Waals surface area (Å²) < 4.78 is 41.5. The van der Waals surface area contributed by atoms with Crippen LogP contribution in [0.25, 0.3) is 10.9 Å². The van der Waals surface area contributed by atoms with Gasteiger partial charge in [-0.1, -0.05) is 12.0 Å². The van der Waals surface area contributed by atoms with E-state index in [1.54, 1.807) is 38.2 Å². The van der Waals surface area contributed by atoms with Crippen LogP contribution in [-0.4, -0.2) is 58.5 Å². The molecular formula is C31H36F3N5O. The smallest absolute Gasteiger partial charge is 0.395 e. The molecule has 1 fully saturated rings. The predicted octanol–water partition coefficient (Wildman–Crippen LogP) is 5.50. The first-order chi connectivity index (χ1) is 19.1. The normalized spacial score (nSPS) is 15.0. The molecule has 0 atom stereocenters. The van der Waals surface area contributed by atoms with Crippen molar-refractivity contribution in [1.29, 1.82) is 5.26 Å². The van der Waals surface area contributed by atoms with Crippen molar-refractivity contribution in [1.82, 2.24) is 14.5 Å². The van der Waals surface area contributed by atoms with Gasteiger partial charge in [0.15, 0.2) is 0 Å². The molecule has 0 radical (unpaired) electrons. The number of hydrogen-bond donors (Lipinski definition) is 2. The number of aliphatic hydroxyl groups is 1. The summed E-state index contributed by atoms with van der Waals surface area (Å²) in [7, 11) is 0. The van der Waals surface area contributed by atoms with Crippen LogP contribution < -0.4 is 5.32 Å². The van der Waals surface area contributed by atoms with Crippen LogP contribution in [0.5, 0.6) is 0 Å². The maximum atomic E-state index is 13.4. The second-order valence-electron chi connectivity index (χ2n) is 11.0. The van der Waals surface area contributed by atoms with Gasteiger partial charge in [-0.25, -0.2) is 0 Å². The van der Waals surface area contributed by atoms with E-state index in [0.29, 0.717) is 28.5 Å². The maximum Gasteiger partial charge on any atom is 0.406 e. The standard InChI is InChI=1S/C31H36F3N5O/c1-30(2,21-35)29-10-8-26(20-37-29)36-13-3-4-27-19-25-18-24(7-9-28(25)39(27)22-31(32,33)34)6-5-23-11-14-38(15-12-23)16-17-40/h7-10,18-20,23,36,40H,5-6,11-17,22H2,1-2H3. The number of nitrogens with zero attached hydrogens (tertiary/aromatic N) is 4. The highest BCUT2D eigenvalue weighted by molar-refractivity contribution is 5.83. The number of fused-ring (bicyclic) bond motifs is 1. The SMILES string of the molecule is CC(C)(C#N)c1ccc(NCC#Cc2cc3cc(CCC4CCN(CCO)CC4)ccc3n2CC(F)(F)F)cn1. The van der Waals surface area contributed by atoms with Crippen molar-refractivity contribution in [2.45, 2.75) is 57.7 Å². The van der Waals surface area contributed by atoms with Gasteiger partial charge in [0.1, 0.15) is 6.54 Å². The number of piperidine rings is 1. The lowest BCUT2D eigenvalue weighted by Gasteiger charge is -2.31. The van der Waals surface area contributed by atoms with Crippen molar-refractivity contribution >= 4 is 16.6 Å². The third-order valence-corrected chi connectivity index (χ3v) is 7.55. The quantitative estimate of drug-likeness (QED) is 0.344. The molecule has 4 rings (SSSR count). The van der Waals surface area contributed by atoms with Crippen LogP contribution in [0.4, 0.5) is 18.9 Å². The van der Waals surface area contributed by atoms with Crippen molar-refractivity contribution in [2.75, 3.05) is 38.1 Å². The molecular weight excluding hydrogens is 515 g/mol. The van der Waals surface area contributed by atoms with Gasteiger partial charge in [0.25, 0.3) is 0 Å². The zero-order valence-corrected chi connectivity index (χ0v) is 23.1. The summed E-state index contributed by atoms with van der Waals surface area (Å²) in [6, 6.07) is 13.2. The van der Waals surface area contributed by atoms with E-state index in [2.05, 4.69) is 33.1 Å². The maximum absolute atomic E-state index is 13.4. The molecule has 1 aliphatic heterocycles. The highest BCUT2D eigenvalue weighted by atomic mass is 19.4. The first-order valence-corrected chi connectivity index (χ1v) is 13.7. The molecule has 0 saturated carbocycles. The van der Waals surface area contributed by atoms with Crippen molar-refractivity contribution in [3.05, 3.63) is 59.5 Å². The van der Waals surface area contributed by atoms with Crippen molar-refractivity contribution in [3.8, 4) is 17.9 Å². The lowest BCUT2D eigenvalue weighted by Crippen LogP contribution is -2.35. The number of nitriles is 1. The minimum Gasteiger partial charge on any atom is -0.395 e. The number of alkyl halides is 3. The summed E-state index contributed by atoms with van der Waals surface area (Å²) in [6.07, 6.45) is 1.40. The number of nitrogens with one attached hydrogen (secondary N) is 1. The van der Waals surface area contributed by atoms with Crippen LogP contribution >= 0.6 is 0 Å². The molecule has 0 unspecified atom stereocenters. The van der Waals surface area contributed by atoms with Crippen molar-refractivity contribution in [3.63, 3.8) is 0 Å². The molecule has 2 N–H and O–H groups in total. The number of likely N-dealkylation sites (tertiary alicyclic amines) is 1. The average molecular weight is 552 g/mol. The molecule has 0 bridgehead atoms. The molecule has 0 aliphatic carbocycles. The number of hydrogen-bond acceptors (Lipinski definition) is 5. The van der Waals surface area contributed by atoms with E-state index in [-0.39, 0.29) is 13.2 Å². The van der Waals surface area contributed by atoms with E-state index in [0.717, 1.165) is 56.3 Å². The van der Waals surface area contributed by atoms with Gasteiger partial charge in [-0.15, -0.1) is 0 Å². The number of aliphatic hydroxyl groups excluding tert-OH is 1. The molecule has 6 nitrogen and oxygen atoms in total. The van der Waals surface area contributed by atoms with E-state index < -0.39 is 18.1 Å². The van der Waals surface area contributed by atoms with Crippen LogP contribution in [0.15, 0.2) is 42.6 Å². The first kappa shape index (κ1) is 29.5. The molecule has 212 valence electrons. The third-order valence-electron chi connectivity index (χ3n) is 7.55. The summed E-state index contributed by atoms with van der Waals surface area (Å²) in [5.41, 5.74) is 2.65. The fraction of sp³-hybridized carbons (Fsp3) is 0.484. The topological polar surface area (TPSA) is 77.1 Å². The van der Waals surface area contributed by atoms with E-state index in [1.807, 2.05) is 18.2 Å². The summed E-state index contributed by atoms with van der Waals surface area (Å²) in [4.78, 5) is 6.62. The van der Waals surface area contributed by atoms with Crippen LogP contribution in [0, 0.1) is 29.1 Å². The summed E-state index contributed by atoms with van der Waals surface area (Å²) in [6.45, 7) is 5.65. The van der Waals surface area contributed by atoms with Gasteiger partial charge in [0.2, 0.25) is 0 Å². The van der Waals surface area contributed by atoms with Crippen LogP contribution in [-0.2, 0) is 18.4 Å². The Morgan fingerprint density at radius 1 is 1.12 bits per heavy atom. The molecule has 0 amide bonds. The lowest BCUT2D eigenvalue weighted by atomic mass is 9.90. The third kappa shape index (κ3) is 7.78. The number of aryl methyl sites for hydroxylation is 1. The van der Waals surface area contributed by atoms with Crippen LogP contribution in [0.1, 0.15) is 50.1 Å². The Hall–Kier alpha value is -3.53. The van der Waals surface area contributed by atoms with Gasteiger partial charge in [0, 0.05) is 17.4 Å². The average Bonchev–Trinajstić information content (AvgIpc) is 3.26. The summed E-state index contributed by atoms with van der Waals surface area (Å²) in [5.74, 6) is 6.49. The van der Waals surface area contributed by atoms with Gasteiger partial charge in [-0.2, -0.15) is 18.4 Å². The number of halogens is 3. The van der Waals surface area contributed by atoms with Gasteiger partial charge < -0.3 is 19.9 Å². The second kappa shape index (κ2) is 12.8. The zero-order chi connectivity index (χ0) is 28.8. The minimum atomic E-state index is -4.37. The van der Waals surface area contributed by atoms with Crippen molar-refractivity contribution < 1.29 is 18.3 Å². The highest BCUT2D eigenvalue weighted by Gasteiger charge is 2.29. The first-order valence-electron chi connectivity index (χ1n) is 13.7. The zero-order valence-electron chi connectivity index (χ0n) is 23.1. The Balaban J connectivity index is 1.43. The molecule has 0 spiro atoms. The van der Waals surface area contributed by atoms with E-state index in [9.17, 15) is 18.4 Å². The number of β-amino-alcohol motifs (C(OH)–C–C–N with tert-alkyl or cyclic N) is 1. The van der Waals surface area contributed by atoms with Gasteiger partial charge >= 0.3 is 6.18 Å². The predicted molar refractivity (Wildman–Crippen MR) is 151 cm³/mol. The van der Waals surface area contributed by atoms with Gasteiger partial charge in [-0.05, 0) is 100 Å². The molecule has 40 heavy (non-hydrogen) atoms. The largest absolute Gasteiger partial charge is 0.406 e. The summed E-state index contributed by atoms with van der Waals surface area (Å²) in [5, 5.41) is 22.3. The Morgan fingerprint density at radius 3 is 2.55 bits per heavy atom. The van der Waals surface area contributed by atoms with E-state index in [1.165, 1.54) is 4.57 Å². The number of aromatic nitrogens is 2. The molecule has 1 aromatic carbocycles. The van der Waals surface area contributed by atoms with Crippen LogP contribution in [0.2, 0.25) is 0 Å². The lowest BCUT2D eigenvalue weighted by molar-refractivity contribution is -0.140. The molecule has 1 aliphatic rings. The van der Waals surface area contributed by atoms with Gasteiger partial charge in [-0.3, -0.25) is 4.98 Å². The number of pyridine rings is 1. The molecule has 2 aromatic heterocycles. The Morgan fingerprint density at radius 2 is 1.90 bits per heavy atom. The van der Waals surface area contributed by atoms with E-state index in [4.69, 9.17) is 5.11 Å². The number of anilines is 1. The van der Waals surface area contributed by atoms with E-state index >= 15 is 0 Å². The fourth-order valence-electron chi connectivity index (χ4n) is 5.15. The molecule has 3 aromatic rings. The summed E-state index contributed by atoms with van der Waals surface area (Å²) >= 11 is 0. The highest BCUT2D eigenvalue weighted by Crippen LogP contribution is 2.28. The Labute approximate surface area is 233 Å². The second-order valence-corrected chi connectivity index (χ2v) is 11.0. The van der Waals surface area contributed by atoms with Crippen molar-refractivity contribution in [2.24, 2.45) is 5.92 Å². The van der Waals surface area contributed by atoms with Crippen LogP contribution in [0.3, 0.4) is 0 Å². The molecule has 9 heteroatoms. The fourth-order valence-corrected chi connectivity index (χ4v) is 5.15. The Kier molecular flexibility index (Phi) is 9.40. The Bertz CT molecular complexity index is 1390. The van der Waals surface area contributed by atoms with Gasteiger partial charge in [0.05, 0.1) is 47.9 Å². The number of rotatable bonds is 9.